The Morgan fingerprint density at radius 1 is 1.38 bits per heavy atom. The van der Waals surface area contributed by atoms with Crippen molar-refractivity contribution in [3.63, 3.8) is 0 Å². The van der Waals surface area contributed by atoms with E-state index >= 15 is 0 Å². The van der Waals surface area contributed by atoms with Gasteiger partial charge in [-0.1, -0.05) is 11.8 Å². The molecule has 1 saturated heterocycles. The lowest BCUT2D eigenvalue weighted by Crippen LogP contribution is -2.46. The van der Waals surface area contributed by atoms with Gasteiger partial charge in [0, 0.05) is 18.4 Å². The predicted octanol–water partition coefficient (Wildman–Crippen LogP) is 1.51. The smallest absolute Gasteiger partial charge is 0.157 e. The van der Waals surface area contributed by atoms with Gasteiger partial charge in [0.15, 0.2) is 5.17 Å². The van der Waals surface area contributed by atoms with Crippen molar-refractivity contribution in [3.05, 3.63) is 0 Å². The van der Waals surface area contributed by atoms with E-state index in [1.165, 1.54) is 6.42 Å². The molecule has 1 aliphatic heterocycles. The van der Waals surface area contributed by atoms with Crippen molar-refractivity contribution >= 4 is 16.9 Å². The first-order chi connectivity index (χ1) is 7.64. The molecule has 1 heterocycles. The minimum absolute atomic E-state index is 0.182. The van der Waals surface area contributed by atoms with Crippen LogP contribution in [0, 0.1) is 0 Å². The fourth-order valence-electron chi connectivity index (χ4n) is 1.33. The number of nitrogens with one attached hydrogen (secondary N) is 1. The SMILES string of the molecule is COCCOCCN=C1NC(C)(C)CCS1. The summed E-state index contributed by atoms with van der Waals surface area (Å²) in [5, 5.41) is 4.48. The van der Waals surface area contributed by atoms with Gasteiger partial charge in [0.2, 0.25) is 0 Å². The predicted molar refractivity (Wildman–Crippen MR) is 69.3 cm³/mol. The molecule has 0 aliphatic carbocycles. The fourth-order valence-corrected chi connectivity index (χ4v) is 2.67. The van der Waals surface area contributed by atoms with Crippen LogP contribution in [-0.2, 0) is 9.47 Å². The highest BCUT2D eigenvalue weighted by Crippen LogP contribution is 2.21. The molecule has 0 amide bonds. The average Bonchev–Trinajstić information content (AvgIpc) is 2.22. The number of ether oxygens (including phenoxy) is 2. The standard InChI is InChI=1S/C11H22N2O2S/c1-11(2)4-9-16-10(13-11)12-5-6-15-8-7-14-3/h4-9H2,1-3H3,(H,12,13). The quantitative estimate of drug-likeness (QED) is 0.721. The molecule has 0 atom stereocenters. The zero-order valence-electron chi connectivity index (χ0n) is 10.4. The van der Waals surface area contributed by atoms with Gasteiger partial charge in [0.05, 0.1) is 26.4 Å². The molecule has 1 aliphatic rings. The molecule has 0 aromatic heterocycles. The molecular formula is C11H22N2O2S. The zero-order valence-corrected chi connectivity index (χ0v) is 11.2. The highest BCUT2D eigenvalue weighted by Gasteiger charge is 2.23. The summed E-state index contributed by atoms with van der Waals surface area (Å²) in [6, 6.07) is 0. The van der Waals surface area contributed by atoms with E-state index in [0.717, 1.165) is 17.5 Å². The third-order valence-electron chi connectivity index (χ3n) is 2.33. The minimum Gasteiger partial charge on any atom is -0.382 e. The Hall–Kier alpha value is -0.260. The molecule has 0 saturated carbocycles. The number of rotatable bonds is 6. The van der Waals surface area contributed by atoms with Crippen molar-refractivity contribution in [1.82, 2.24) is 5.32 Å². The van der Waals surface area contributed by atoms with Gasteiger partial charge in [-0.2, -0.15) is 0 Å². The number of amidine groups is 1. The molecule has 94 valence electrons. The number of aliphatic imine (C=N–C) groups is 1. The summed E-state index contributed by atoms with van der Waals surface area (Å²) in [6.07, 6.45) is 1.18. The second kappa shape index (κ2) is 7.14. The van der Waals surface area contributed by atoms with Gasteiger partial charge in [-0.25, -0.2) is 0 Å². The molecule has 5 heteroatoms. The Kier molecular flexibility index (Phi) is 6.16. The van der Waals surface area contributed by atoms with Gasteiger partial charge in [0.25, 0.3) is 0 Å². The molecular weight excluding hydrogens is 224 g/mol. The number of thioether (sulfide) groups is 1. The lowest BCUT2D eigenvalue weighted by molar-refractivity contribution is 0.0748. The third kappa shape index (κ3) is 5.72. The van der Waals surface area contributed by atoms with Crippen molar-refractivity contribution < 1.29 is 9.47 Å². The fraction of sp³-hybridized carbons (Fsp3) is 0.909. The maximum Gasteiger partial charge on any atom is 0.157 e. The van der Waals surface area contributed by atoms with E-state index in [1.807, 2.05) is 0 Å². The summed E-state index contributed by atoms with van der Waals surface area (Å²) in [4.78, 5) is 4.48. The second-order valence-electron chi connectivity index (χ2n) is 4.40. The lowest BCUT2D eigenvalue weighted by Gasteiger charge is -2.32. The van der Waals surface area contributed by atoms with E-state index in [0.29, 0.717) is 19.8 Å². The van der Waals surface area contributed by atoms with E-state index in [-0.39, 0.29) is 5.54 Å². The summed E-state index contributed by atoms with van der Waals surface area (Å²) in [6.45, 7) is 7.09. The van der Waals surface area contributed by atoms with Crippen LogP contribution in [-0.4, -0.2) is 49.9 Å². The van der Waals surface area contributed by atoms with Crippen molar-refractivity contribution in [3.8, 4) is 0 Å². The molecule has 0 unspecified atom stereocenters. The molecule has 0 radical (unpaired) electrons. The highest BCUT2D eigenvalue weighted by molar-refractivity contribution is 8.13. The van der Waals surface area contributed by atoms with Gasteiger partial charge in [0.1, 0.15) is 0 Å². The summed E-state index contributed by atoms with van der Waals surface area (Å²) in [7, 11) is 1.67. The van der Waals surface area contributed by atoms with Crippen LogP contribution < -0.4 is 5.32 Å². The first kappa shape index (κ1) is 13.8. The largest absolute Gasteiger partial charge is 0.382 e. The highest BCUT2D eigenvalue weighted by atomic mass is 32.2. The maximum absolute atomic E-state index is 5.35. The molecule has 0 aromatic rings. The Morgan fingerprint density at radius 3 is 2.88 bits per heavy atom. The van der Waals surface area contributed by atoms with Crippen molar-refractivity contribution in [1.29, 1.82) is 0 Å². The van der Waals surface area contributed by atoms with Gasteiger partial charge >= 0.3 is 0 Å². The third-order valence-corrected chi connectivity index (χ3v) is 3.25. The van der Waals surface area contributed by atoms with Crippen LogP contribution in [0.15, 0.2) is 4.99 Å². The second-order valence-corrected chi connectivity index (χ2v) is 5.48. The number of hydrogen-bond donors (Lipinski definition) is 1. The Bertz CT molecular complexity index is 232. The molecule has 1 fully saturated rings. The van der Waals surface area contributed by atoms with Crippen LogP contribution in [0.4, 0.5) is 0 Å². The normalized spacial score (nSPS) is 22.1. The van der Waals surface area contributed by atoms with Crippen LogP contribution in [0.5, 0.6) is 0 Å². The molecule has 1 rings (SSSR count). The molecule has 1 N–H and O–H groups in total. The van der Waals surface area contributed by atoms with Gasteiger partial charge < -0.3 is 14.8 Å². The van der Waals surface area contributed by atoms with Crippen LogP contribution in [0.2, 0.25) is 0 Å². The number of nitrogens with zero attached hydrogens (tertiary/aromatic N) is 1. The van der Waals surface area contributed by atoms with Gasteiger partial charge in [-0.3, -0.25) is 4.99 Å². The van der Waals surface area contributed by atoms with Crippen molar-refractivity contribution in [2.45, 2.75) is 25.8 Å². The van der Waals surface area contributed by atoms with Gasteiger partial charge in [-0.15, -0.1) is 0 Å². The number of methoxy groups -OCH3 is 1. The molecule has 0 spiro atoms. The topological polar surface area (TPSA) is 42.9 Å². The molecule has 16 heavy (non-hydrogen) atoms. The van der Waals surface area contributed by atoms with Crippen LogP contribution in [0.25, 0.3) is 0 Å². The van der Waals surface area contributed by atoms with Crippen LogP contribution >= 0.6 is 11.8 Å². The van der Waals surface area contributed by atoms with Crippen LogP contribution in [0.1, 0.15) is 20.3 Å². The van der Waals surface area contributed by atoms with Crippen molar-refractivity contribution in [2.24, 2.45) is 4.99 Å². The van der Waals surface area contributed by atoms with E-state index < -0.39 is 0 Å². The molecule has 0 bridgehead atoms. The monoisotopic (exact) mass is 246 g/mol. The van der Waals surface area contributed by atoms with E-state index in [9.17, 15) is 0 Å². The van der Waals surface area contributed by atoms with E-state index in [2.05, 4.69) is 24.2 Å². The van der Waals surface area contributed by atoms with Crippen LogP contribution in [0.3, 0.4) is 0 Å². The molecule has 4 nitrogen and oxygen atoms in total. The Morgan fingerprint density at radius 2 is 2.19 bits per heavy atom. The minimum atomic E-state index is 0.182. The van der Waals surface area contributed by atoms with Gasteiger partial charge in [-0.05, 0) is 20.3 Å². The van der Waals surface area contributed by atoms with E-state index in [4.69, 9.17) is 9.47 Å². The number of hydrogen-bond acceptors (Lipinski definition) is 4. The Balaban J connectivity index is 2.14. The lowest BCUT2D eigenvalue weighted by atomic mass is 10.0. The summed E-state index contributed by atoms with van der Waals surface area (Å²) >= 11 is 1.79. The first-order valence-corrected chi connectivity index (χ1v) is 6.65. The molecule has 0 aromatic carbocycles. The summed E-state index contributed by atoms with van der Waals surface area (Å²) < 4.78 is 10.2. The first-order valence-electron chi connectivity index (χ1n) is 5.66. The average molecular weight is 246 g/mol. The van der Waals surface area contributed by atoms with E-state index in [1.54, 1.807) is 18.9 Å². The van der Waals surface area contributed by atoms with Crippen molar-refractivity contribution in [2.75, 3.05) is 39.2 Å². The zero-order chi connectivity index (χ0) is 11.9. The maximum atomic E-state index is 5.35. The summed E-state index contributed by atoms with van der Waals surface area (Å²) in [5.74, 6) is 1.14. The summed E-state index contributed by atoms with van der Waals surface area (Å²) in [5.41, 5.74) is 0.182. The Labute approximate surface area is 102 Å².